The van der Waals surface area contributed by atoms with Crippen molar-refractivity contribution in [1.82, 2.24) is 30.4 Å². The number of morpholine rings is 1. The van der Waals surface area contributed by atoms with Crippen LogP contribution in [0.2, 0.25) is 0 Å². The van der Waals surface area contributed by atoms with E-state index in [2.05, 4.69) is 35.6 Å². The van der Waals surface area contributed by atoms with Crippen molar-refractivity contribution >= 4 is 23.5 Å². The van der Waals surface area contributed by atoms with Gasteiger partial charge in [-0.25, -0.2) is 9.67 Å². The Morgan fingerprint density at radius 3 is 2.53 bits per heavy atom. The number of nitrogens with zero attached hydrogens (tertiary/aromatic N) is 5. The van der Waals surface area contributed by atoms with Crippen LogP contribution in [0, 0.1) is 0 Å². The zero-order valence-corrected chi connectivity index (χ0v) is 19.9. The molecule has 9 nitrogen and oxygen atoms in total. The maximum Gasteiger partial charge on any atom is 0.573 e. The van der Waals surface area contributed by atoms with Crippen molar-refractivity contribution in [1.29, 1.82) is 0 Å². The van der Waals surface area contributed by atoms with Gasteiger partial charge in [-0.3, -0.25) is 10.3 Å². The molecular formula is C23H24F3N7O2S. The lowest BCUT2D eigenvalue weighted by Crippen LogP contribution is -2.42. The fourth-order valence-corrected chi connectivity index (χ4v) is 3.55. The molecule has 190 valence electrons. The van der Waals surface area contributed by atoms with E-state index >= 15 is 0 Å². The van der Waals surface area contributed by atoms with Gasteiger partial charge in [0, 0.05) is 31.7 Å². The first-order valence-electron chi connectivity index (χ1n) is 11.1. The number of hydrogen-bond acceptors (Lipinski definition) is 7. The van der Waals surface area contributed by atoms with E-state index < -0.39 is 6.36 Å². The molecule has 1 saturated heterocycles. The lowest BCUT2D eigenvalue weighted by molar-refractivity contribution is -0.274. The van der Waals surface area contributed by atoms with Crippen LogP contribution >= 0.6 is 12.2 Å². The highest BCUT2D eigenvalue weighted by Gasteiger charge is 2.31. The van der Waals surface area contributed by atoms with E-state index in [-0.39, 0.29) is 5.75 Å². The van der Waals surface area contributed by atoms with Gasteiger partial charge in [0.15, 0.2) is 10.9 Å². The summed E-state index contributed by atoms with van der Waals surface area (Å²) in [6, 6.07) is 12.8. The third-order valence-corrected chi connectivity index (χ3v) is 5.43. The monoisotopic (exact) mass is 519 g/mol. The molecule has 0 spiro atoms. The largest absolute Gasteiger partial charge is 0.573 e. The minimum atomic E-state index is -4.74. The summed E-state index contributed by atoms with van der Waals surface area (Å²) in [6.07, 6.45) is -1.60. The fourth-order valence-electron chi connectivity index (χ4n) is 3.40. The first kappa shape index (κ1) is 25.5. The minimum absolute atomic E-state index is 0.303. The first-order chi connectivity index (χ1) is 17.4. The Balaban J connectivity index is 1.26. The lowest BCUT2D eigenvalue weighted by Gasteiger charge is -2.26. The Bertz CT molecular complexity index is 1160. The van der Waals surface area contributed by atoms with Crippen LogP contribution in [0.3, 0.4) is 0 Å². The standard InChI is InChI=1S/C23H24F3N7O2S/c24-23(25,26)35-20-7-5-19(6-8-20)33-16-28-21(31-33)18-3-1-17(2-4-18)15-29-30-22(36)27-9-10-32-11-13-34-14-12-32/h1-8,15-16H,9-14H2,(H2,27,30,36)/b29-15+. The Labute approximate surface area is 210 Å². The molecule has 2 aromatic carbocycles. The predicted molar refractivity (Wildman–Crippen MR) is 132 cm³/mol. The summed E-state index contributed by atoms with van der Waals surface area (Å²) in [7, 11) is 0. The summed E-state index contributed by atoms with van der Waals surface area (Å²) < 4.78 is 47.6. The van der Waals surface area contributed by atoms with E-state index in [9.17, 15) is 13.2 Å². The summed E-state index contributed by atoms with van der Waals surface area (Å²) in [5, 5.41) is 12.1. The van der Waals surface area contributed by atoms with Gasteiger partial charge in [0.05, 0.1) is 25.1 Å². The van der Waals surface area contributed by atoms with E-state index in [4.69, 9.17) is 17.0 Å². The highest BCUT2D eigenvalue weighted by Crippen LogP contribution is 2.24. The number of alkyl halides is 3. The average molecular weight is 520 g/mol. The normalized spacial score (nSPS) is 14.6. The van der Waals surface area contributed by atoms with E-state index in [0.717, 1.165) is 50.5 Å². The predicted octanol–water partition coefficient (Wildman–Crippen LogP) is 2.96. The third-order valence-electron chi connectivity index (χ3n) is 5.19. The van der Waals surface area contributed by atoms with Gasteiger partial charge in [0.1, 0.15) is 12.1 Å². The van der Waals surface area contributed by atoms with E-state index in [0.29, 0.717) is 16.6 Å². The molecule has 2 N–H and O–H groups in total. The second kappa shape index (κ2) is 11.9. The van der Waals surface area contributed by atoms with Crippen LogP contribution in [0.25, 0.3) is 17.1 Å². The summed E-state index contributed by atoms with van der Waals surface area (Å²) in [5.41, 5.74) is 4.97. The molecule has 1 aliphatic heterocycles. The van der Waals surface area contributed by atoms with Crippen LogP contribution < -0.4 is 15.5 Å². The number of ether oxygens (including phenoxy) is 2. The molecule has 0 bridgehead atoms. The molecule has 1 fully saturated rings. The summed E-state index contributed by atoms with van der Waals surface area (Å²) in [6.45, 7) is 5.00. The van der Waals surface area contributed by atoms with Gasteiger partial charge < -0.3 is 14.8 Å². The fraction of sp³-hybridized carbons (Fsp3) is 0.304. The van der Waals surface area contributed by atoms with Crippen molar-refractivity contribution in [3.05, 3.63) is 60.4 Å². The van der Waals surface area contributed by atoms with Crippen molar-refractivity contribution in [2.24, 2.45) is 5.10 Å². The number of halogens is 3. The molecule has 0 saturated carbocycles. The molecule has 0 unspecified atom stereocenters. The number of hydrazone groups is 1. The van der Waals surface area contributed by atoms with E-state index in [1.165, 1.54) is 35.3 Å². The number of benzene rings is 2. The molecule has 3 aromatic rings. The Kier molecular flexibility index (Phi) is 8.46. The van der Waals surface area contributed by atoms with Crippen molar-refractivity contribution in [3.8, 4) is 22.8 Å². The number of aromatic nitrogens is 3. The van der Waals surface area contributed by atoms with Crippen LogP contribution in [0.15, 0.2) is 60.0 Å². The molecule has 13 heteroatoms. The van der Waals surface area contributed by atoms with Crippen LogP contribution in [0.1, 0.15) is 5.56 Å². The molecular weight excluding hydrogens is 495 g/mol. The maximum atomic E-state index is 12.3. The van der Waals surface area contributed by atoms with Crippen LogP contribution in [0.4, 0.5) is 13.2 Å². The van der Waals surface area contributed by atoms with Crippen molar-refractivity contribution in [3.63, 3.8) is 0 Å². The van der Waals surface area contributed by atoms with E-state index in [1.807, 2.05) is 24.3 Å². The number of rotatable bonds is 8. The average Bonchev–Trinajstić information content (AvgIpc) is 3.35. The summed E-state index contributed by atoms with van der Waals surface area (Å²) in [5.74, 6) is 0.167. The molecule has 0 amide bonds. The van der Waals surface area contributed by atoms with Crippen molar-refractivity contribution in [2.45, 2.75) is 6.36 Å². The molecule has 1 aliphatic rings. The van der Waals surface area contributed by atoms with E-state index in [1.54, 1.807) is 6.21 Å². The number of thiocarbonyl (C=S) groups is 1. The zero-order valence-electron chi connectivity index (χ0n) is 19.1. The second-order valence-electron chi connectivity index (χ2n) is 7.76. The zero-order chi connectivity index (χ0) is 25.4. The van der Waals surface area contributed by atoms with Gasteiger partial charge in [-0.1, -0.05) is 24.3 Å². The molecule has 1 aromatic heterocycles. The highest BCUT2D eigenvalue weighted by atomic mass is 32.1. The summed E-state index contributed by atoms with van der Waals surface area (Å²) in [4.78, 5) is 6.59. The van der Waals surface area contributed by atoms with Crippen LogP contribution in [0.5, 0.6) is 5.75 Å². The number of hydrogen-bond donors (Lipinski definition) is 2. The molecule has 36 heavy (non-hydrogen) atoms. The molecule has 2 heterocycles. The Morgan fingerprint density at radius 1 is 1.11 bits per heavy atom. The smallest absolute Gasteiger partial charge is 0.406 e. The van der Waals surface area contributed by atoms with Crippen molar-refractivity contribution < 1.29 is 22.6 Å². The van der Waals surface area contributed by atoms with Crippen LogP contribution in [-0.4, -0.2) is 76.7 Å². The second-order valence-corrected chi connectivity index (χ2v) is 8.16. The molecule has 0 atom stereocenters. The maximum absolute atomic E-state index is 12.3. The first-order valence-corrected chi connectivity index (χ1v) is 11.5. The third kappa shape index (κ3) is 7.73. The van der Waals surface area contributed by atoms with Gasteiger partial charge in [-0.15, -0.1) is 18.3 Å². The Hall–Kier alpha value is -3.55. The van der Waals surface area contributed by atoms with Crippen molar-refractivity contribution in [2.75, 3.05) is 39.4 Å². The lowest BCUT2D eigenvalue weighted by atomic mass is 10.1. The molecule has 0 radical (unpaired) electrons. The van der Waals surface area contributed by atoms with Crippen LogP contribution in [-0.2, 0) is 4.74 Å². The van der Waals surface area contributed by atoms with Gasteiger partial charge in [-0.2, -0.15) is 5.10 Å². The minimum Gasteiger partial charge on any atom is -0.406 e. The van der Waals surface area contributed by atoms with Gasteiger partial charge in [0.2, 0.25) is 0 Å². The Morgan fingerprint density at radius 2 is 1.83 bits per heavy atom. The quantitative estimate of drug-likeness (QED) is 0.267. The summed E-state index contributed by atoms with van der Waals surface area (Å²) >= 11 is 5.24. The molecule has 0 aliphatic carbocycles. The highest BCUT2D eigenvalue weighted by molar-refractivity contribution is 7.80. The topological polar surface area (TPSA) is 88.8 Å². The van der Waals surface area contributed by atoms with Gasteiger partial charge in [0.25, 0.3) is 0 Å². The SMILES string of the molecule is FC(F)(F)Oc1ccc(-n2cnc(-c3ccc(/C=N/NC(=S)NCCN4CCOCC4)cc3)n2)cc1. The van der Waals surface area contributed by atoms with Gasteiger partial charge >= 0.3 is 6.36 Å². The molecule has 4 rings (SSSR count). The van der Waals surface area contributed by atoms with Gasteiger partial charge in [-0.05, 0) is 42.0 Å². The number of nitrogens with one attached hydrogen (secondary N) is 2.